The lowest BCUT2D eigenvalue weighted by Gasteiger charge is -2.35. The first-order chi connectivity index (χ1) is 15.0. The Morgan fingerprint density at radius 1 is 1.10 bits per heavy atom. The summed E-state index contributed by atoms with van der Waals surface area (Å²) >= 11 is 7.72. The highest BCUT2D eigenvalue weighted by Crippen LogP contribution is 2.32. The van der Waals surface area contributed by atoms with Gasteiger partial charge in [0.2, 0.25) is 11.8 Å². The molecule has 3 aromatic rings. The van der Waals surface area contributed by atoms with Gasteiger partial charge in [-0.2, -0.15) is 0 Å². The second-order valence-corrected chi connectivity index (χ2v) is 9.61. The average Bonchev–Trinajstić information content (AvgIpc) is 3.37. The third kappa shape index (κ3) is 4.00. The number of fused-ring (bicyclic) bond motifs is 1. The van der Waals surface area contributed by atoms with Crippen LogP contribution in [0.5, 0.6) is 0 Å². The highest BCUT2D eigenvalue weighted by Gasteiger charge is 2.38. The third-order valence-corrected chi connectivity index (χ3v) is 7.34. The predicted octanol–water partition coefficient (Wildman–Crippen LogP) is 3.96. The molecule has 2 aromatic carbocycles. The first-order valence-electron chi connectivity index (χ1n) is 10.4. The van der Waals surface area contributed by atoms with Crippen LogP contribution in [-0.2, 0) is 9.59 Å². The zero-order valence-electron chi connectivity index (χ0n) is 17.3. The van der Waals surface area contributed by atoms with Gasteiger partial charge in [-0.05, 0) is 37.3 Å². The highest BCUT2D eigenvalue weighted by molar-refractivity contribution is 7.22. The molecule has 2 aliphatic rings. The summed E-state index contributed by atoms with van der Waals surface area (Å²) < 4.78 is 1.07. The minimum atomic E-state index is -0.273. The van der Waals surface area contributed by atoms with Gasteiger partial charge in [0.05, 0.1) is 16.1 Å². The number of carbonyl (C=O) groups is 2. The molecule has 2 fully saturated rings. The van der Waals surface area contributed by atoms with E-state index in [0.29, 0.717) is 24.7 Å². The summed E-state index contributed by atoms with van der Waals surface area (Å²) in [5.41, 5.74) is 2.97. The molecule has 0 aliphatic carbocycles. The standard InChI is InChI=1S/C23H23ClN4O2S/c1-15-2-5-18(6-3-15)28-14-16(12-21(28)29)22(30)26-8-10-27(11-9-26)23-25-19-7-4-17(24)13-20(19)31-23/h2-7,13,16H,8-12,14H2,1H3. The Morgan fingerprint density at radius 3 is 2.58 bits per heavy atom. The maximum absolute atomic E-state index is 13.1. The fourth-order valence-electron chi connectivity index (χ4n) is 4.25. The van der Waals surface area contributed by atoms with E-state index in [1.54, 1.807) is 16.2 Å². The number of aryl methyl sites for hydroxylation is 1. The van der Waals surface area contributed by atoms with Gasteiger partial charge >= 0.3 is 0 Å². The van der Waals surface area contributed by atoms with E-state index in [9.17, 15) is 9.59 Å². The topological polar surface area (TPSA) is 56.8 Å². The van der Waals surface area contributed by atoms with Crippen LogP contribution in [0.25, 0.3) is 10.2 Å². The van der Waals surface area contributed by atoms with Crippen LogP contribution >= 0.6 is 22.9 Å². The molecule has 160 valence electrons. The fraction of sp³-hybridized carbons (Fsp3) is 0.348. The van der Waals surface area contributed by atoms with Gasteiger partial charge in [-0.3, -0.25) is 9.59 Å². The molecule has 2 aliphatic heterocycles. The van der Waals surface area contributed by atoms with E-state index in [4.69, 9.17) is 16.6 Å². The van der Waals surface area contributed by atoms with E-state index in [0.717, 1.165) is 39.7 Å². The lowest BCUT2D eigenvalue weighted by Crippen LogP contribution is -2.50. The molecule has 5 rings (SSSR count). The van der Waals surface area contributed by atoms with Gasteiger partial charge in [-0.15, -0.1) is 0 Å². The maximum atomic E-state index is 13.1. The van der Waals surface area contributed by atoms with Crippen molar-refractivity contribution in [2.75, 3.05) is 42.5 Å². The smallest absolute Gasteiger partial charge is 0.228 e. The Bertz CT molecular complexity index is 1140. The quantitative estimate of drug-likeness (QED) is 0.601. The lowest BCUT2D eigenvalue weighted by molar-refractivity contribution is -0.136. The van der Waals surface area contributed by atoms with E-state index >= 15 is 0 Å². The normalized spacial score (nSPS) is 19.5. The summed E-state index contributed by atoms with van der Waals surface area (Å²) in [6, 6.07) is 13.6. The summed E-state index contributed by atoms with van der Waals surface area (Å²) in [5.74, 6) is -0.169. The summed E-state index contributed by atoms with van der Waals surface area (Å²) in [6.07, 6.45) is 0.283. The monoisotopic (exact) mass is 454 g/mol. The molecule has 1 unspecified atom stereocenters. The molecule has 2 amide bonds. The Hall–Kier alpha value is -2.64. The fourth-order valence-corrected chi connectivity index (χ4v) is 5.54. The van der Waals surface area contributed by atoms with Crippen molar-refractivity contribution in [3.05, 3.63) is 53.1 Å². The van der Waals surface area contributed by atoms with Crippen LogP contribution in [0.3, 0.4) is 0 Å². The molecule has 0 saturated carbocycles. The Morgan fingerprint density at radius 2 is 1.84 bits per heavy atom. The third-order valence-electron chi connectivity index (χ3n) is 6.02. The largest absolute Gasteiger partial charge is 0.345 e. The summed E-state index contributed by atoms with van der Waals surface area (Å²) in [6.45, 7) is 5.24. The Kier molecular flexibility index (Phi) is 5.32. The van der Waals surface area contributed by atoms with Gasteiger partial charge in [0.15, 0.2) is 5.13 Å². The second kappa shape index (κ2) is 8.13. The van der Waals surface area contributed by atoms with Crippen molar-refractivity contribution in [3.8, 4) is 0 Å². The molecule has 3 heterocycles. The number of anilines is 2. The van der Waals surface area contributed by atoms with Crippen LogP contribution in [0.2, 0.25) is 5.02 Å². The van der Waals surface area contributed by atoms with Crippen molar-refractivity contribution in [2.24, 2.45) is 5.92 Å². The molecule has 1 aromatic heterocycles. The summed E-state index contributed by atoms with van der Waals surface area (Å²) in [4.78, 5) is 36.2. The first-order valence-corrected chi connectivity index (χ1v) is 11.6. The molecule has 31 heavy (non-hydrogen) atoms. The molecule has 0 radical (unpaired) electrons. The van der Waals surface area contributed by atoms with Crippen molar-refractivity contribution in [3.63, 3.8) is 0 Å². The molecule has 2 saturated heterocycles. The molecule has 0 N–H and O–H groups in total. The maximum Gasteiger partial charge on any atom is 0.228 e. The number of piperazine rings is 1. The van der Waals surface area contributed by atoms with Gasteiger partial charge < -0.3 is 14.7 Å². The van der Waals surface area contributed by atoms with Crippen molar-refractivity contribution in [2.45, 2.75) is 13.3 Å². The number of carbonyl (C=O) groups excluding carboxylic acids is 2. The molecular formula is C23H23ClN4O2S. The van der Waals surface area contributed by atoms with Crippen LogP contribution in [0, 0.1) is 12.8 Å². The van der Waals surface area contributed by atoms with Crippen LogP contribution in [0.15, 0.2) is 42.5 Å². The number of nitrogens with zero attached hydrogens (tertiary/aromatic N) is 4. The molecule has 0 bridgehead atoms. The van der Waals surface area contributed by atoms with Crippen molar-refractivity contribution < 1.29 is 9.59 Å². The number of aromatic nitrogens is 1. The van der Waals surface area contributed by atoms with Crippen molar-refractivity contribution in [1.29, 1.82) is 0 Å². The Balaban J connectivity index is 1.21. The van der Waals surface area contributed by atoms with E-state index < -0.39 is 0 Å². The summed E-state index contributed by atoms with van der Waals surface area (Å²) in [7, 11) is 0. The van der Waals surface area contributed by atoms with Crippen LogP contribution < -0.4 is 9.80 Å². The number of hydrogen-bond donors (Lipinski definition) is 0. The van der Waals surface area contributed by atoms with Gasteiger partial charge in [0.25, 0.3) is 0 Å². The number of rotatable bonds is 3. The zero-order chi connectivity index (χ0) is 21.5. The average molecular weight is 455 g/mol. The van der Waals surface area contributed by atoms with E-state index in [2.05, 4.69) is 4.90 Å². The minimum Gasteiger partial charge on any atom is -0.345 e. The number of benzene rings is 2. The Labute approximate surface area is 190 Å². The zero-order valence-corrected chi connectivity index (χ0v) is 18.8. The number of thiazole rings is 1. The van der Waals surface area contributed by atoms with Crippen molar-refractivity contribution >= 4 is 55.8 Å². The van der Waals surface area contributed by atoms with E-state index in [1.165, 1.54) is 0 Å². The van der Waals surface area contributed by atoms with Crippen LogP contribution in [0.4, 0.5) is 10.8 Å². The molecule has 1 atom stereocenters. The molecular weight excluding hydrogens is 432 g/mol. The minimum absolute atomic E-state index is 0.0222. The highest BCUT2D eigenvalue weighted by atomic mass is 35.5. The summed E-state index contributed by atoms with van der Waals surface area (Å²) in [5, 5.41) is 1.68. The van der Waals surface area contributed by atoms with Crippen molar-refractivity contribution in [1.82, 2.24) is 9.88 Å². The number of amides is 2. The van der Waals surface area contributed by atoms with E-state index in [-0.39, 0.29) is 24.2 Å². The molecule has 0 spiro atoms. The van der Waals surface area contributed by atoms with Crippen LogP contribution in [-0.4, -0.2) is 54.4 Å². The predicted molar refractivity (Wildman–Crippen MR) is 125 cm³/mol. The number of halogens is 1. The van der Waals surface area contributed by atoms with Crippen LogP contribution in [0.1, 0.15) is 12.0 Å². The van der Waals surface area contributed by atoms with Gasteiger partial charge in [0.1, 0.15) is 0 Å². The lowest BCUT2D eigenvalue weighted by atomic mass is 10.1. The van der Waals surface area contributed by atoms with Gasteiger partial charge in [-0.1, -0.05) is 40.6 Å². The van der Waals surface area contributed by atoms with Gasteiger partial charge in [-0.25, -0.2) is 4.98 Å². The van der Waals surface area contributed by atoms with Gasteiger partial charge in [0, 0.05) is 49.9 Å². The molecule has 6 nitrogen and oxygen atoms in total. The molecule has 8 heteroatoms. The first kappa shape index (κ1) is 20.3. The SMILES string of the molecule is Cc1ccc(N2CC(C(=O)N3CCN(c4nc5ccc(Cl)cc5s4)CC3)CC2=O)cc1. The van der Waals surface area contributed by atoms with E-state index in [1.807, 2.05) is 54.3 Å². The number of hydrogen-bond acceptors (Lipinski definition) is 5. The second-order valence-electron chi connectivity index (χ2n) is 8.16.